The molecule has 0 aliphatic carbocycles. The number of rotatable bonds is 4. The summed E-state index contributed by atoms with van der Waals surface area (Å²) in [6.45, 7) is 0. The first kappa shape index (κ1) is 14.6. The van der Waals surface area contributed by atoms with Crippen molar-refractivity contribution in [3.63, 3.8) is 0 Å². The molecule has 1 fully saturated rings. The average Bonchev–Trinajstić information content (AvgIpc) is 2.65. The molecule has 0 unspecified atom stereocenters. The second-order valence-electron chi connectivity index (χ2n) is 4.21. The van der Waals surface area contributed by atoms with Crippen molar-refractivity contribution in [1.29, 1.82) is 0 Å². The van der Waals surface area contributed by atoms with Gasteiger partial charge in [-0.25, -0.2) is 9.69 Å². The summed E-state index contributed by atoms with van der Waals surface area (Å²) in [7, 11) is 0. The summed E-state index contributed by atoms with van der Waals surface area (Å²) in [5, 5.41) is 11.6. The highest BCUT2D eigenvalue weighted by Gasteiger charge is 2.39. The number of benzene rings is 1. The predicted molar refractivity (Wildman–Crippen MR) is 73.1 cm³/mol. The van der Waals surface area contributed by atoms with Crippen molar-refractivity contribution >= 4 is 46.8 Å². The minimum absolute atomic E-state index is 0.0394. The first-order valence-electron chi connectivity index (χ1n) is 5.71. The van der Waals surface area contributed by atoms with Crippen LogP contribution in [0.15, 0.2) is 18.2 Å². The van der Waals surface area contributed by atoms with Crippen molar-refractivity contribution < 1.29 is 19.5 Å². The lowest BCUT2D eigenvalue weighted by Gasteiger charge is -2.13. The Morgan fingerprint density at radius 2 is 2.00 bits per heavy atom. The third-order valence-electron chi connectivity index (χ3n) is 2.83. The number of urea groups is 1. The number of hydrogen-bond donors (Lipinski definition) is 2. The molecule has 0 bridgehead atoms. The van der Waals surface area contributed by atoms with Gasteiger partial charge in [-0.05, 0) is 24.6 Å². The largest absolute Gasteiger partial charge is 0.481 e. The van der Waals surface area contributed by atoms with E-state index in [1.54, 1.807) is 0 Å². The number of anilines is 1. The fraction of sp³-hybridized carbons (Fsp3) is 0.250. The van der Waals surface area contributed by atoms with E-state index < -0.39 is 23.9 Å². The molecule has 106 valence electrons. The first-order valence-corrected chi connectivity index (χ1v) is 6.47. The number of carbonyl (C=O) groups is 3. The van der Waals surface area contributed by atoms with Gasteiger partial charge in [0.1, 0.15) is 6.04 Å². The number of hydrogen-bond acceptors (Lipinski definition) is 3. The number of imide groups is 1. The highest BCUT2D eigenvalue weighted by Crippen LogP contribution is 2.29. The summed E-state index contributed by atoms with van der Waals surface area (Å²) in [4.78, 5) is 35.3. The van der Waals surface area contributed by atoms with Crippen LogP contribution in [-0.4, -0.2) is 29.1 Å². The molecule has 6 nitrogen and oxygen atoms in total. The maximum atomic E-state index is 12.1. The van der Waals surface area contributed by atoms with E-state index in [-0.39, 0.29) is 17.9 Å². The second-order valence-corrected chi connectivity index (χ2v) is 5.02. The van der Waals surface area contributed by atoms with Crippen molar-refractivity contribution in [2.75, 3.05) is 4.90 Å². The Kier molecular flexibility index (Phi) is 4.15. The normalized spacial score (nSPS) is 18.3. The van der Waals surface area contributed by atoms with Gasteiger partial charge in [0.15, 0.2) is 0 Å². The van der Waals surface area contributed by atoms with E-state index in [1.807, 2.05) is 0 Å². The van der Waals surface area contributed by atoms with Gasteiger partial charge in [0.2, 0.25) is 0 Å². The summed E-state index contributed by atoms with van der Waals surface area (Å²) >= 11 is 11.6. The molecule has 20 heavy (non-hydrogen) atoms. The zero-order valence-corrected chi connectivity index (χ0v) is 11.6. The van der Waals surface area contributed by atoms with Crippen LogP contribution in [-0.2, 0) is 9.59 Å². The van der Waals surface area contributed by atoms with Gasteiger partial charge in [0.25, 0.3) is 5.91 Å². The Balaban J connectivity index is 2.20. The maximum absolute atomic E-state index is 12.1. The topological polar surface area (TPSA) is 86.7 Å². The van der Waals surface area contributed by atoms with E-state index in [0.717, 1.165) is 4.90 Å². The Morgan fingerprint density at radius 1 is 1.30 bits per heavy atom. The van der Waals surface area contributed by atoms with Crippen molar-refractivity contribution in [1.82, 2.24) is 5.32 Å². The van der Waals surface area contributed by atoms with Gasteiger partial charge in [-0.1, -0.05) is 23.2 Å². The van der Waals surface area contributed by atoms with Crippen LogP contribution in [0, 0.1) is 0 Å². The lowest BCUT2D eigenvalue weighted by atomic mass is 10.1. The zero-order chi connectivity index (χ0) is 14.9. The Morgan fingerprint density at radius 3 is 2.60 bits per heavy atom. The molecule has 3 amide bonds. The van der Waals surface area contributed by atoms with Gasteiger partial charge in [0.05, 0.1) is 15.7 Å². The van der Waals surface area contributed by atoms with Crippen LogP contribution in [0.5, 0.6) is 0 Å². The molecule has 8 heteroatoms. The fourth-order valence-electron chi connectivity index (χ4n) is 1.86. The second kappa shape index (κ2) is 5.68. The monoisotopic (exact) mass is 316 g/mol. The highest BCUT2D eigenvalue weighted by molar-refractivity contribution is 6.42. The van der Waals surface area contributed by atoms with Crippen LogP contribution < -0.4 is 10.2 Å². The molecule has 0 aromatic heterocycles. The van der Waals surface area contributed by atoms with E-state index in [9.17, 15) is 14.4 Å². The van der Waals surface area contributed by atoms with Crippen LogP contribution in [0.25, 0.3) is 0 Å². The van der Waals surface area contributed by atoms with E-state index in [1.165, 1.54) is 18.2 Å². The summed E-state index contributed by atoms with van der Waals surface area (Å²) in [5.74, 6) is -1.53. The van der Waals surface area contributed by atoms with Gasteiger partial charge in [0, 0.05) is 6.42 Å². The lowest BCUT2D eigenvalue weighted by Crippen LogP contribution is -2.31. The van der Waals surface area contributed by atoms with Gasteiger partial charge >= 0.3 is 12.0 Å². The molecule has 1 aliphatic heterocycles. The Hall–Kier alpha value is -1.79. The molecule has 2 N–H and O–H groups in total. The van der Waals surface area contributed by atoms with Crippen LogP contribution in [0.4, 0.5) is 10.5 Å². The minimum atomic E-state index is -1.03. The number of carboxylic acid groups (broad SMARTS) is 1. The third kappa shape index (κ3) is 2.86. The average molecular weight is 317 g/mol. The number of nitrogens with one attached hydrogen (secondary N) is 1. The standard InChI is InChI=1S/C12H10Cl2N2O4/c13-7-2-1-6(5-8(7)14)16-11(19)9(15-12(16)20)3-4-10(17)18/h1-2,5,9H,3-4H2,(H,15,20)(H,17,18)/t9-/m0/s1. The SMILES string of the molecule is O=C(O)CC[C@@H]1NC(=O)N(c2ccc(Cl)c(Cl)c2)C1=O. The lowest BCUT2D eigenvalue weighted by molar-refractivity contribution is -0.137. The van der Waals surface area contributed by atoms with Crippen molar-refractivity contribution in [3.8, 4) is 0 Å². The number of nitrogens with zero attached hydrogens (tertiary/aromatic N) is 1. The number of halogens is 2. The Labute approximate surface area is 124 Å². The molecule has 1 heterocycles. The molecule has 1 aromatic rings. The molecular weight excluding hydrogens is 307 g/mol. The van der Waals surface area contributed by atoms with Gasteiger partial charge in [-0.2, -0.15) is 0 Å². The van der Waals surface area contributed by atoms with E-state index >= 15 is 0 Å². The van der Waals surface area contributed by atoms with Crippen molar-refractivity contribution in [3.05, 3.63) is 28.2 Å². The van der Waals surface area contributed by atoms with Crippen molar-refractivity contribution in [2.24, 2.45) is 0 Å². The number of aliphatic carboxylic acids is 1. The Bertz CT molecular complexity index is 591. The van der Waals surface area contributed by atoms with Crippen molar-refractivity contribution in [2.45, 2.75) is 18.9 Å². The molecule has 2 rings (SSSR count). The number of carbonyl (C=O) groups excluding carboxylic acids is 2. The van der Waals surface area contributed by atoms with Crippen LogP contribution >= 0.6 is 23.2 Å². The van der Waals surface area contributed by atoms with E-state index in [0.29, 0.717) is 10.7 Å². The summed E-state index contributed by atoms with van der Waals surface area (Å²) in [5.41, 5.74) is 0.291. The predicted octanol–water partition coefficient (Wildman–Crippen LogP) is 2.28. The number of amides is 3. The molecule has 0 spiro atoms. The summed E-state index contributed by atoms with van der Waals surface area (Å²) in [6, 6.07) is 2.92. The number of carboxylic acids is 1. The van der Waals surface area contributed by atoms with Gasteiger partial charge < -0.3 is 10.4 Å². The van der Waals surface area contributed by atoms with Crippen LogP contribution in [0.2, 0.25) is 10.0 Å². The summed E-state index contributed by atoms with van der Waals surface area (Å²) in [6.07, 6.45) is -0.163. The third-order valence-corrected chi connectivity index (χ3v) is 3.57. The molecule has 1 aliphatic rings. The smallest absolute Gasteiger partial charge is 0.329 e. The first-order chi connectivity index (χ1) is 9.40. The van der Waals surface area contributed by atoms with Crippen LogP contribution in [0.3, 0.4) is 0 Å². The molecule has 1 aromatic carbocycles. The fourth-order valence-corrected chi connectivity index (χ4v) is 2.16. The van der Waals surface area contributed by atoms with Gasteiger partial charge in [-0.3, -0.25) is 9.59 Å². The molecule has 0 radical (unpaired) electrons. The molecule has 1 saturated heterocycles. The molecular formula is C12H10Cl2N2O4. The van der Waals surface area contributed by atoms with Gasteiger partial charge in [-0.15, -0.1) is 0 Å². The quantitative estimate of drug-likeness (QED) is 0.834. The zero-order valence-electron chi connectivity index (χ0n) is 10.1. The highest BCUT2D eigenvalue weighted by atomic mass is 35.5. The van der Waals surface area contributed by atoms with Crippen LogP contribution in [0.1, 0.15) is 12.8 Å². The maximum Gasteiger partial charge on any atom is 0.329 e. The summed E-state index contributed by atoms with van der Waals surface area (Å²) < 4.78 is 0. The van der Waals surface area contributed by atoms with E-state index in [2.05, 4.69) is 5.32 Å². The molecule has 0 saturated carbocycles. The minimum Gasteiger partial charge on any atom is -0.481 e. The van der Waals surface area contributed by atoms with E-state index in [4.69, 9.17) is 28.3 Å². The molecule has 1 atom stereocenters.